The van der Waals surface area contributed by atoms with Gasteiger partial charge in [-0.2, -0.15) is 0 Å². The molecule has 0 atom stereocenters. The summed E-state index contributed by atoms with van der Waals surface area (Å²) in [4.78, 5) is 7.32. The van der Waals surface area contributed by atoms with E-state index in [0.717, 1.165) is 69.4 Å². The third kappa shape index (κ3) is 7.27. The van der Waals surface area contributed by atoms with E-state index < -0.39 is 0 Å². The Morgan fingerprint density at radius 1 is 1.23 bits per heavy atom. The second-order valence-corrected chi connectivity index (χ2v) is 8.00. The molecule has 1 aromatic heterocycles. The fourth-order valence-corrected chi connectivity index (χ4v) is 3.96. The number of rotatable bonds is 7. The summed E-state index contributed by atoms with van der Waals surface area (Å²) in [6, 6.07) is 9.31. The molecule has 0 spiro atoms. The van der Waals surface area contributed by atoms with Crippen LogP contribution < -0.4 is 10.6 Å². The quantitative estimate of drug-likeness (QED) is 0.325. The van der Waals surface area contributed by atoms with Gasteiger partial charge in [0.1, 0.15) is 5.76 Å². The fraction of sp³-hybridized carbons (Fsp3) is 0.565. The zero-order valence-electron chi connectivity index (χ0n) is 18.7. The van der Waals surface area contributed by atoms with Gasteiger partial charge in [0.25, 0.3) is 0 Å². The molecule has 1 aliphatic rings. The van der Waals surface area contributed by atoms with E-state index >= 15 is 0 Å². The molecule has 2 N–H and O–H groups in total. The summed E-state index contributed by atoms with van der Waals surface area (Å²) in [5.74, 6) is 1.81. The molecule has 1 aromatic carbocycles. The van der Waals surface area contributed by atoms with Gasteiger partial charge >= 0.3 is 0 Å². The van der Waals surface area contributed by atoms with Crippen LogP contribution >= 0.6 is 24.0 Å². The third-order valence-corrected chi connectivity index (χ3v) is 5.57. The van der Waals surface area contributed by atoms with E-state index in [1.54, 1.807) is 0 Å². The summed E-state index contributed by atoms with van der Waals surface area (Å²) in [5, 5.41) is 11.0. The second-order valence-electron chi connectivity index (χ2n) is 8.00. The highest BCUT2D eigenvalue weighted by Gasteiger charge is 2.20. The van der Waals surface area contributed by atoms with Crippen LogP contribution in [0.5, 0.6) is 0 Å². The van der Waals surface area contributed by atoms with Crippen molar-refractivity contribution in [2.24, 2.45) is 4.99 Å². The third-order valence-electron chi connectivity index (χ3n) is 5.57. The van der Waals surface area contributed by atoms with Crippen molar-refractivity contribution in [2.45, 2.75) is 59.5 Å². The van der Waals surface area contributed by atoms with Gasteiger partial charge in [-0.3, -0.25) is 9.89 Å². The van der Waals surface area contributed by atoms with Crippen LogP contribution in [-0.4, -0.2) is 48.2 Å². The Bertz CT molecular complexity index is 792. The number of hydrogen-bond acceptors (Lipinski definition) is 4. The van der Waals surface area contributed by atoms with Crippen molar-refractivity contribution in [3.8, 4) is 0 Å². The number of aliphatic imine (C=N–C) groups is 1. The van der Waals surface area contributed by atoms with Crippen LogP contribution in [0.1, 0.15) is 47.9 Å². The largest absolute Gasteiger partial charge is 0.361 e. The maximum Gasteiger partial charge on any atom is 0.191 e. The lowest BCUT2D eigenvalue weighted by atomic mass is 10.0. The number of nitrogens with zero attached hydrogens (tertiary/aromatic N) is 3. The molecule has 30 heavy (non-hydrogen) atoms. The zero-order chi connectivity index (χ0) is 20.6. The minimum atomic E-state index is 0. The van der Waals surface area contributed by atoms with E-state index in [1.165, 1.54) is 16.7 Å². The second kappa shape index (κ2) is 12.3. The van der Waals surface area contributed by atoms with Crippen molar-refractivity contribution in [1.29, 1.82) is 0 Å². The zero-order valence-corrected chi connectivity index (χ0v) is 21.0. The highest BCUT2D eigenvalue weighted by atomic mass is 127. The Morgan fingerprint density at radius 2 is 2.00 bits per heavy atom. The molecule has 0 bridgehead atoms. The van der Waals surface area contributed by atoms with Gasteiger partial charge in [-0.1, -0.05) is 35.0 Å². The molecule has 0 radical (unpaired) electrons. The number of aryl methyl sites for hydroxylation is 3. The van der Waals surface area contributed by atoms with Crippen LogP contribution in [0.3, 0.4) is 0 Å². The average Bonchev–Trinajstić information content (AvgIpc) is 3.02. The van der Waals surface area contributed by atoms with E-state index in [9.17, 15) is 0 Å². The number of nitrogens with one attached hydrogen (secondary N) is 2. The van der Waals surface area contributed by atoms with E-state index in [-0.39, 0.29) is 24.0 Å². The van der Waals surface area contributed by atoms with Crippen molar-refractivity contribution in [2.75, 3.05) is 26.2 Å². The van der Waals surface area contributed by atoms with Gasteiger partial charge < -0.3 is 15.2 Å². The van der Waals surface area contributed by atoms with Gasteiger partial charge in [-0.25, -0.2) is 0 Å². The van der Waals surface area contributed by atoms with Crippen molar-refractivity contribution >= 4 is 29.9 Å². The van der Waals surface area contributed by atoms with Gasteiger partial charge in [-0.15, -0.1) is 24.0 Å². The number of benzene rings is 1. The summed E-state index contributed by atoms with van der Waals surface area (Å²) in [7, 11) is 0. The van der Waals surface area contributed by atoms with Crippen LogP contribution in [0, 0.1) is 20.8 Å². The number of piperidine rings is 1. The number of aromatic nitrogens is 1. The number of hydrogen-bond donors (Lipinski definition) is 2. The molecule has 1 fully saturated rings. The van der Waals surface area contributed by atoms with Crippen molar-refractivity contribution in [3.63, 3.8) is 0 Å². The molecule has 7 heteroatoms. The van der Waals surface area contributed by atoms with E-state index in [4.69, 9.17) is 9.52 Å². The maximum absolute atomic E-state index is 5.25. The van der Waals surface area contributed by atoms with Crippen LogP contribution in [-0.2, 0) is 13.0 Å². The summed E-state index contributed by atoms with van der Waals surface area (Å²) in [5.41, 5.74) is 4.89. The van der Waals surface area contributed by atoms with Gasteiger partial charge in [0.2, 0.25) is 0 Å². The molecule has 1 saturated heterocycles. The van der Waals surface area contributed by atoms with Crippen molar-refractivity contribution in [3.05, 3.63) is 52.4 Å². The first-order chi connectivity index (χ1) is 14.0. The molecule has 1 aliphatic heterocycles. The molecular formula is C23H36IN5O. The van der Waals surface area contributed by atoms with Crippen LogP contribution in [0.25, 0.3) is 0 Å². The monoisotopic (exact) mass is 525 g/mol. The highest BCUT2D eigenvalue weighted by Crippen LogP contribution is 2.15. The Morgan fingerprint density at radius 3 is 2.63 bits per heavy atom. The van der Waals surface area contributed by atoms with Gasteiger partial charge in [-0.05, 0) is 52.5 Å². The molecular weight excluding hydrogens is 489 g/mol. The van der Waals surface area contributed by atoms with E-state index in [1.807, 2.05) is 13.8 Å². The standard InChI is InChI=1S/C23H35N5O.HI/c1-5-24-23(25-12-9-22-18(3)27-29-19(22)4)26-21-10-13-28(14-11-21)16-20-8-6-7-17(2)15-20;/h6-8,15,21H,5,9-14,16H2,1-4H3,(H2,24,25,26);1H. The molecule has 2 aromatic rings. The summed E-state index contributed by atoms with van der Waals surface area (Å²) in [6.45, 7) is 13.1. The Balaban J connectivity index is 0.00000320. The number of halogens is 1. The van der Waals surface area contributed by atoms with Crippen LogP contribution in [0.15, 0.2) is 33.8 Å². The lowest BCUT2D eigenvalue weighted by molar-refractivity contribution is 0.198. The Kier molecular flexibility index (Phi) is 10.1. The predicted molar refractivity (Wildman–Crippen MR) is 134 cm³/mol. The van der Waals surface area contributed by atoms with Crippen molar-refractivity contribution < 1.29 is 4.52 Å². The van der Waals surface area contributed by atoms with E-state index in [0.29, 0.717) is 6.04 Å². The Hall–Kier alpha value is -1.61. The first-order valence-electron chi connectivity index (χ1n) is 10.8. The Labute approximate surface area is 197 Å². The molecule has 0 amide bonds. The average molecular weight is 525 g/mol. The number of guanidine groups is 1. The first-order valence-corrected chi connectivity index (χ1v) is 10.8. The fourth-order valence-electron chi connectivity index (χ4n) is 3.96. The van der Waals surface area contributed by atoms with Gasteiger partial charge in [0.05, 0.1) is 5.69 Å². The molecule has 2 heterocycles. The summed E-state index contributed by atoms with van der Waals surface area (Å²) >= 11 is 0. The lowest BCUT2D eigenvalue weighted by Gasteiger charge is -2.33. The maximum atomic E-state index is 5.25. The van der Waals surface area contributed by atoms with Gasteiger partial charge in [0.15, 0.2) is 5.96 Å². The molecule has 0 aliphatic carbocycles. The first kappa shape index (κ1) is 24.7. The summed E-state index contributed by atoms with van der Waals surface area (Å²) in [6.07, 6.45) is 3.13. The smallest absolute Gasteiger partial charge is 0.191 e. The normalized spacial score (nSPS) is 15.7. The number of likely N-dealkylation sites (tertiary alicyclic amines) is 1. The van der Waals surface area contributed by atoms with Crippen LogP contribution in [0.4, 0.5) is 0 Å². The topological polar surface area (TPSA) is 65.7 Å². The molecule has 0 saturated carbocycles. The highest BCUT2D eigenvalue weighted by molar-refractivity contribution is 14.0. The molecule has 166 valence electrons. The molecule has 0 unspecified atom stereocenters. The minimum Gasteiger partial charge on any atom is -0.361 e. The summed E-state index contributed by atoms with van der Waals surface area (Å²) < 4.78 is 5.25. The van der Waals surface area contributed by atoms with Gasteiger partial charge in [0, 0.05) is 44.3 Å². The lowest BCUT2D eigenvalue weighted by Crippen LogP contribution is -2.48. The molecule has 3 rings (SSSR count). The SMILES string of the molecule is CCNC(=NCCc1c(C)noc1C)NC1CCN(Cc2cccc(C)c2)CC1.I. The predicted octanol–water partition coefficient (Wildman–Crippen LogP) is 3.98. The minimum absolute atomic E-state index is 0. The van der Waals surface area contributed by atoms with Crippen LogP contribution in [0.2, 0.25) is 0 Å². The molecule has 6 nitrogen and oxygen atoms in total. The van der Waals surface area contributed by atoms with E-state index in [2.05, 4.69) is 58.8 Å². The van der Waals surface area contributed by atoms with Crippen molar-refractivity contribution in [1.82, 2.24) is 20.7 Å².